The molecule has 1 aromatic rings. The third kappa shape index (κ3) is 5.83. The van der Waals surface area contributed by atoms with Crippen molar-refractivity contribution in [3.63, 3.8) is 0 Å². The van der Waals surface area contributed by atoms with E-state index in [1.807, 2.05) is 13.8 Å². The Kier molecular flexibility index (Phi) is 6.25. The Morgan fingerprint density at radius 1 is 1.00 bits per heavy atom. The Bertz CT molecular complexity index is 614. The summed E-state index contributed by atoms with van der Waals surface area (Å²) < 4.78 is 26.7. The first kappa shape index (κ1) is 22.2. The third-order valence-electron chi connectivity index (χ3n) is 4.50. The van der Waals surface area contributed by atoms with Gasteiger partial charge in [-0.05, 0) is 54.7 Å². The second kappa shape index (κ2) is 7.04. The SMILES string of the molecule is CC(C)(C)[Si]OC(C)(C)c1cc(O)c(F)c(O[Si](C)(C)C(C)(C)C)c1. The lowest BCUT2D eigenvalue weighted by molar-refractivity contribution is 0.109. The van der Waals surface area contributed by atoms with Gasteiger partial charge >= 0.3 is 0 Å². The number of hydrogen-bond donors (Lipinski definition) is 1. The van der Waals surface area contributed by atoms with Gasteiger partial charge in [-0.3, -0.25) is 0 Å². The van der Waals surface area contributed by atoms with Crippen LogP contribution < -0.4 is 4.43 Å². The number of hydrogen-bond acceptors (Lipinski definition) is 3. The molecule has 1 rings (SSSR count). The molecule has 6 heteroatoms. The molecule has 0 saturated carbocycles. The Hall–Kier alpha value is -0.856. The van der Waals surface area contributed by atoms with Crippen molar-refractivity contribution < 1.29 is 18.3 Å². The fourth-order valence-corrected chi connectivity index (χ4v) is 3.46. The second-order valence-electron chi connectivity index (χ2n) is 9.63. The van der Waals surface area contributed by atoms with E-state index in [9.17, 15) is 9.50 Å². The maximum Gasteiger partial charge on any atom is 0.250 e. The molecule has 0 aliphatic carbocycles. The molecule has 0 fully saturated rings. The van der Waals surface area contributed by atoms with Crippen molar-refractivity contribution in [2.45, 2.75) is 84.2 Å². The highest BCUT2D eigenvalue weighted by Crippen LogP contribution is 2.41. The van der Waals surface area contributed by atoms with E-state index in [0.29, 0.717) is 5.56 Å². The molecular weight excluding hydrogens is 351 g/mol. The van der Waals surface area contributed by atoms with Crippen molar-refractivity contribution in [2.75, 3.05) is 0 Å². The topological polar surface area (TPSA) is 38.7 Å². The maximum absolute atomic E-state index is 14.5. The predicted molar refractivity (Wildman–Crippen MR) is 105 cm³/mol. The fraction of sp³-hybridized carbons (Fsp3) is 0.684. The van der Waals surface area contributed by atoms with Gasteiger partial charge in [0.05, 0.1) is 5.60 Å². The number of aromatic hydroxyl groups is 1. The molecule has 0 unspecified atom stereocenters. The highest BCUT2D eigenvalue weighted by molar-refractivity contribution is 6.74. The Labute approximate surface area is 156 Å². The van der Waals surface area contributed by atoms with Crippen molar-refractivity contribution >= 4 is 18.1 Å². The zero-order valence-corrected chi connectivity index (χ0v) is 19.3. The summed E-state index contributed by atoms with van der Waals surface area (Å²) in [7, 11) is -1.94. The van der Waals surface area contributed by atoms with Crippen LogP contribution in [-0.2, 0) is 10.0 Å². The van der Waals surface area contributed by atoms with E-state index in [0.717, 1.165) is 0 Å². The molecule has 0 aliphatic rings. The zero-order valence-electron chi connectivity index (χ0n) is 17.3. The molecule has 0 spiro atoms. The van der Waals surface area contributed by atoms with Crippen LogP contribution in [0.4, 0.5) is 4.39 Å². The quantitative estimate of drug-likeness (QED) is 0.632. The first-order chi connectivity index (χ1) is 11.0. The molecule has 0 aliphatic heterocycles. The molecule has 0 saturated heterocycles. The minimum absolute atomic E-state index is 0.0415. The van der Waals surface area contributed by atoms with Crippen molar-refractivity contribution in [2.24, 2.45) is 0 Å². The van der Waals surface area contributed by atoms with E-state index >= 15 is 0 Å². The van der Waals surface area contributed by atoms with E-state index in [1.165, 1.54) is 6.07 Å². The molecular formula is C19H33FO3Si2. The summed E-state index contributed by atoms with van der Waals surface area (Å²) in [6, 6.07) is 3.10. The Morgan fingerprint density at radius 2 is 1.52 bits per heavy atom. The predicted octanol–water partition coefficient (Wildman–Crippen LogP) is 6.00. The van der Waals surface area contributed by atoms with E-state index in [2.05, 4.69) is 54.6 Å². The summed E-state index contributed by atoms with van der Waals surface area (Å²) in [4.78, 5) is 0. The molecule has 0 heterocycles. The molecule has 1 N–H and O–H groups in total. The van der Waals surface area contributed by atoms with Crippen LogP contribution in [0.1, 0.15) is 61.0 Å². The standard InChI is InChI=1S/C19H33FO3Si2/c1-17(2,3)24-23-19(7,8)13-11-14(21)16(20)15(12-13)22-25(9,10)18(4,5)6/h11-12,21H,1-10H3. The minimum Gasteiger partial charge on any atom is -0.541 e. The van der Waals surface area contributed by atoms with Crippen LogP contribution in [0.3, 0.4) is 0 Å². The summed E-state index contributed by atoms with van der Waals surface area (Å²) in [5.41, 5.74) is 0.0551. The summed E-state index contributed by atoms with van der Waals surface area (Å²) in [6.45, 7) is 20.6. The smallest absolute Gasteiger partial charge is 0.250 e. The van der Waals surface area contributed by atoms with E-state index in [-0.39, 0.29) is 25.6 Å². The molecule has 3 nitrogen and oxygen atoms in total. The molecule has 25 heavy (non-hydrogen) atoms. The number of rotatable bonds is 5. The van der Waals surface area contributed by atoms with Gasteiger partial charge in [0, 0.05) is 0 Å². The summed E-state index contributed by atoms with van der Waals surface area (Å²) in [6.07, 6.45) is 0. The van der Waals surface area contributed by atoms with Crippen LogP contribution in [0.2, 0.25) is 23.2 Å². The van der Waals surface area contributed by atoms with Crippen LogP contribution in [0.15, 0.2) is 12.1 Å². The van der Waals surface area contributed by atoms with E-state index < -0.39 is 25.5 Å². The van der Waals surface area contributed by atoms with Crippen molar-refractivity contribution in [3.8, 4) is 11.5 Å². The molecule has 2 radical (unpaired) electrons. The van der Waals surface area contributed by atoms with Crippen LogP contribution >= 0.6 is 0 Å². The Morgan fingerprint density at radius 3 is 1.96 bits per heavy atom. The number of benzene rings is 1. The fourth-order valence-electron chi connectivity index (χ4n) is 1.77. The summed E-state index contributed by atoms with van der Waals surface area (Å²) in [5.74, 6) is -0.998. The molecule has 0 bridgehead atoms. The average Bonchev–Trinajstić information content (AvgIpc) is 2.39. The van der Waals surface area contributed by atoms with Crippen molar-refractivity contribution in [1.29, 1.82) is 0 Å². The highest BCUT2D eigenvalue weighted by Gasteiger charge is 2.40. The second-order valence-corrected chi connectivity index (χ2v) is 16.3. The largest absolute Gasteiger partial charge is 0.541 e. The van der Waals surface area contributed by atoms with Gasteiger partial charge < -0.3 is 14.0 Å². The van der Waals surface area contributed by atoms with Crippen molar-refractivity contribution in [3.05, 3.63) is 23.5 Å². The van der Waals surface area contributed by atoms with Crippen LogP contribution in [0, 0.1) is 5.82 Å². The normalized spacial score (nSPS) is 13.9. The molecule has 1 aromatic carbocycles. The van der Waals surface area contributed by atoms with Crippen molar-refractivity contribution in [1.82, 2.24) is 0 Å². The minimum atomic E-state index is -2.22. The number of phenolic OH excluding ortho intramolecular Hbond substituents is 1. The monoisotopic (exact) mass is 384 g/mol. The van der Waals surface area contributed by atoms with Crippen LogP contribution in [-0.4, -0.2) is 23.2 Å². The van der Waals surface area contributed by atoms with Gasteiger partial charge in [0.2, 0.25) is 15.6 Å². The maximum atomic E-state index is 14.5. The summed E-state index contributed by atoms with van der Waals surface area (Å²) >= 11 is 0. The van der Waals surface area contributed by atoms with Gasteiger partial charge in [0.15, 0.2) is 5.75 Å². The molecule has 0 atom stereocenters. The molecule has 0 aromatic heterocycles. The van der Waals surface area contributed by atoms with Gasteiger partial charge in [-0.1, -0.05) is 41.5 Å². The number of phenols is 1. The average molecular weight is 385 g/mol. The zero-order chi connectivity index (χ0) is 19.8. The van der Waals surface area contributed by atoms with Gasteiger partial charge in [-0.2, -0.15) is 4.39 Å². The van der Waals surface area contributed by atoms with Crippen LogP contribution in [0.25, 0.3) is 0 Å². The summed E-state index contributed by atoms with van der Waals surface area (Å²) in [5, 5.41) is 10.1. The number of halogens is 1. The van der Waals surface area contributed by atoms with Gasteiger partial charge in [-0.15, -0.1) is 0 Å². The first-order valence-corrected chi connectivity index (χ1v) is 12.5. The molecule has 0 amide bonds. The Balaban J connectivity index is 3.23. The molecule has 142 valence electrons. The highest BCUT2D eigenvalue weighted by atomic mass is 28.4. The van der Waals surface area contributed by atoms with Gasteiger partial charge in [-0.25, -0.2) is 0 Å². The van der Waals surface area contributed by atoms with Gasteiger partial charge in [0.1, 0.15) is 5.75 Å². The van der Waals surface area contributed by atoms with E-state index in [1.54, 1.807) is 6.07 Å². The first-order valence-electron chi connectivity index (χ1n) is 8.63. The third-order valence-corrected chi connectivity index (χ3v) is 10.1. The van der Waals surface area contributed by atoms with E-state index in [4.69, 9.17) is 8.85 Å². The van der Waals surface area contributed by atoms with Crippen LogP contribution in [0.5, 0.6) is 11.5 Å². The lowest BCUT2D eigenvalue weighted by atomic mass is 9.98. The lowest BCUT2D eigenvalue weighted by Gasteiger charge is -2.37. The van der Waals surface area contributed by atoms with Gasteiger partial charge in [0.25, 0.3) is 8.32 Å². The lowest BCUT2D eigenvalue weighted by Crippen LogP contribution is -2.44.